The number of carbonyl (C=O) groups excluding carboxylic acids is 2. The van der Waals surface area contributed by atoms with Crippen molar-refractivity contribution in [2.45, 2.75) is 19.8 Å². The summed E-state index contributed by atoms with van der Waals surface area (Å²) in [4.78, 5) is 33.3. The van der Waals surface area contributed by atoms with Crippen LogP contribution in [0.15, 0.2) is 24.3 Å². The average molecular weight is 279 g/mol. The van der Waals surface area contributed by atoms with Gasteiger partial charge in [0.15, 0.2) is 1.41 Å². The predicted octanol–water partition coefficient (Wildman–Crippen LogP) is 0.555. The minimum atomic E-state index is -0.965. The van der Waals surface area contributed by atoms with E-state index < -0.39 is 5.97 Å². The molecular formula is C14H18N2O4. The van der Waals surface area contributed by atoms with Crippen molar-refractivity contribution >= 4 is 17.8 Å². The fourth-order valence-corrected chi connectivity index (χ4v) is 1.62. The maximum absolute atomic E-state index is 11.7. The zero-order valence-corrected chi connectivity index (χ0v) is 11.2. The molecule has 6 heteroatoms. The van der Waals surface area contributed by atoms with Gasteiger partial charge in [0.25, 0.3) is 5.91 Å². The van der Waals surface area contributed by atoms with Crippen LogP contribution in [0.4, 0.5) is 0 Å². The average Bonchev–Trinajstić information content (AvgIpc) is 2.46. The van der Waals surface area contributed by atoms with Crippen LogP contribution in [0.3, 0.4) is 0 Å². The lowest BCUT2D eigenvalue weighted by molar-refractivity contribution is -0.136. The summed E-state index contributed by atoms with van der Waals surface area (Å²) in [5.41, 5.74) is 3.16. The Bertz CT molecular complexity index is 516. The number of benzene rings is 1. The van der Waals surface area contributed by atoms with Crippen LogP contribution < -0.4 is 11.0 Å². The fraction of sp³-hybridized carbons (Fsp3) is 0.357. The topological polar surface area (TPSA) is 109 Å². The van der Waals surface area contributed by atoms with E-state index in [-0.39, 0.29) is 30.7 Å². The molecule has 0 aliphatic heterocycles. The standard InChI is InChI=1S/C14H18N2O4/c1-9(13(15)19)8-10-2-4-11(5-3-10)14(20)16-7-6-12(17)18/h2-5,9H,6-8H2,1H3,(H2,15,19)(H,16,20)(H,17,18)/i/hD. The van der Waals surface area contributed by atoms with E-state index in [1.165, 1.54) is 0 Å². The normalized spacial score (nSPS) is 12.2. The van der Waals surface area contributed by atoms with Gasteiger partial charge in [-0.15, -0.1) is 0 Å². The number of nitrogens with one attached hydrogen (secondary N) is 1. The van der Waals surface area contributed by atoms with E-state index in [4.69, 9.17) is 6.52 Å². The van der Waals surface area contributed by atoms with E-state index in [0.717, 1.165) is 5.56 Å². The van der Waals surface area contributed by atoms with Crippen LogP contribution >= 0.6 is 0 Å². The van der Waals surface area contributed by atoms with E-state index in [0.29, 0.717) is 12.0 Å². The molecule has 6 nitrogen and oxygen atoms in total. The minimum Gasteiger partial charge on any atom is -0.481 e. The first kappa shape index (κ1) is 14.0. The molecule has 1 aromatic carbocycles. The third kappa shape index (κ3) is 5.09. The molecule has 0 aliphatic carbocycles. The number of aliphatic carboxylic acids is 1. The number of nitrogens with two attached hydrogens (primary N) is 1. The highest BCUT2D eigenvalue weighted by molar-refractivity contribution is 5.94. The molecule has 0 bridgehead atoms. The largest absolute Gasteiger partial charge is 0.481 e. The van der Waals surface area contributed by atoms with E-state index in [1.54, 1.807) is 31.2 Å². The Hall–Kier alpha value is -2.37. The summed E-state index contributed by atoms with van der Waals surface area (Å²) in [7, 11) is 0. The highest BCUT2D eigenvalue weighted by Crippen LogP contribution is 2.10. The highest BCUT2D eigenvalue weighted by atomic mass is 16.4. The van der Waals surface area contributed by atoms with Gasteiger partial charge in [-0.1, -0.05) is 19.1 Å². The second-order valence-electron chi connectivity index (χ2n) is 4.57. The molecule has 108 valence electrons. The van der Waals surface area contributed by atoms with Crippen molar-refractivity contribution in [3.8, 4) is 0 Å². The summed E-state index contributed by atoms with van der Waals surface area (Å²) in [6.07, 6.45) is 0.356. The highest BCUT2D eigenvalue weighted by Gasteiger charge is 2.10. The van der Waals surface area contributed by atoms with Gasteiger partial charge in [0.1, 0.15) is 0 Å². The number of carboxylic acid groups (broad SMARTS) is 1. The first-order chi connectivity index (χ1) is 9.93. The molecule has 1 aromatic rings. The zero-order valence-electron chi connectivity index (χ0n) is 12.2. The Morgan fingerprint density at radius 3 is 2.55 bits per heavy atom. The molecule has 0 aromatic heterocycles. The van der Waals surface area contributed by atoms with E-state index in [2.05, 4.69) is 5.32 Å². The van der Waals surface area contributed by atoms with Crippen LogP contribution in [0.5, 0.6) is 0 Å². The number of rotatable bonds is 7. The van der Waals surface area contributed by atoms with Gasteiger partial charge in [-0.3, -0.25) is 14.4 Å². The Labute approximate surface area is 118 Å². The summed E-state index contributed by atoms with van der Waals surface area (Å²) in [5, 5.41) is 11.0. The molecule has 2 amide bonds. The van der Waals surface area contributed by atoms with Crippen LogP contribution in [0.1, 0.15) is 29.3 Å². The second kappa shape index (κ2) is 7.28. The summed E-state index contributed by atoms with van der Waals surface area (Å²) in [6, 6.07) is 6.72. The molecule has 0 fully saturated rings. The lowest BCUT2D eigenvalue weighted by Gasteiger charge is -2.08. The Balaban J connectivity index is 2.55. The van der Waals surface area contributed by atoms with Crippen LogP contribution in [-0.4, -0.2) is 29.4 Å². The number of amides is 2. The van der Waals surface area contributed by atoms with Gasteiger partial charge in [0.2, 0.25) is 5.91 Å². The summed E-state index contributed by atoms with van der Waals surface area (Å²) in [5.74, 6) is -1.98. The molecular weight excluding hydrogens is 260 g/mol. The lowest BCUT2D eigenvalue weighted by atomic mass is 9.99. The zero-order chi connectivity index (χ0) is 15.8. The summed E-state index contributed by atoms with van der Waals surface area (Å²) < 4.78 is 6.80. The Morgan fingerprint density at radius 2 is 2.00 bits per heavy atom. The van der Waals surface area contributed by atoms with Crippen molar-refractivity contribution in [3.63, 3.8) is 0 Å². The molecule has 1 unspecified atom stereocenters. The van der Waals surface area contributed by atoms with Crippen molar-refractivity contribution in [2.75, 3.05) is 6.54 Å². The molecule has 0 radical (unpaired) electrons. The third-order valence-corrected chi connectivity index (χ3v) is 2.83. The van der Waals surface area contributed by atoms with Crippen LogP contribution in [-0.2, 0) is 16.0 Å². The molecule has 1 atom stereocenters. The Morgan fingerprint density at radius 1 is 1.35 bits per heavy atom. The van der Waals surface area contributed by atoms with Gasteiger partial charge in [-0.05, 0) is 24.1 Å². The first-order valence-electron chi connectivity index (χ1n) is 6.74. The number of hydrogen-bond acceptors (Lipinski definition) is 3. The molecule has 1 rings (SSSR count). The molecule has 0 saturated heterocycles. The SMILES string of the molecule is [2H]NC(=O)C(C)Cc1ccc(C(=O)NCCC(=O)O)cc1. The maximum Gasteiger partial charge on any atom is 0.305 e. The van der Waals surface area contributed by atoms with Crippen molar-refractivity contribution in [3.05, 3.63) is 35.4 Å². The fourth-order valence-electron chi connectivity index (χ4n) is 1.62. The molecule has 0 aliphatic rings. The van der Waals surface area contributed by atoms with Gasteiger partial charge in [-0.2, -0.15) is 0 Å². The number of carboxylic acids is 1. The van der Waals surface area contributed by atoms with Crippen molar-refractivity contribution in [2.24, 2.45) is 11.6 Å². The monoisotopic (exact) mass is 279 g/mol. The molecule has 0 heterocycles. The third-order valence-electron chi connectivity index (χ3n) is 2.83. The number of carbonyl (C=O) groups is 3. The molecule has 0 saturated carbocycles. The molecule has 20 heavy (non-hydrogen) atoms. The predicted molar refractivity (Wildman–Crippen MR) is 73.1 cm³/mol. The van der Waals surface area contributed by atoms with Gasteiger partial charge >= 0.3 is 5.97 Å². The van der Waals surface area contributed by atoms with Crippen LogP contribution in [0.25, 0.3) is 0 Å². The lowest BCUT2D eigenvalue weighted by Crippen LogP contribution is -2.26. The second-order valence-corrected chi connectivity index (χ2v) is 4.57. The quantitative estimate of drug-likeness (QED) is 0.677. The minimum absolute atomic E-state index is 0.0800. The van der Waals surface area contributed by atoms with Crippen molar-refractivity contribution < 1.29 is 20.9 Å². The van der Waals surface area contributed by atoms with Crippen molar-refractivity contribution in [1.29, 1.82) is 0 Å². The van der Waals surface area contributed by atoms with E-state index in [9.17, 15) is 14.4 Å². The van der Waals surface area contributed by atoms with Crippen molar-refractivity contribution in [1.82, 2.24) is 5.32 Å². The number of hydrogen-bond donors (Lipinski definition) is 3. The van der Waals surface area contributed by atoms with E-state index >= 15 is 0 Å². The van der Waals surface area contributed by atoms with Gasteiger partial charge in [-0.25, -0.2) is 0 Å². The summed E-state index contributed by atoms with van der Waals surface area (Å²) >= 11 is 0. The smallest absolute Gasteiger partial charge is 0.305 e. The van der Waals surface area contributed by atoms with Gasteiger partial charge < -0.3 is 16.2 Å². The maximum atomic E-state index is 11.7. The Kier molecular flexibility index (Phi) is 5.11. The summed E-state index contributed by atoms with van der Waals surface area (Å²) in [6.45, 7) is 1.80. The van der Waals surface area contributed by atoms with E-state index in [1.807, 2.05) is 5.73 Å². The van der Waals surface area contributed by atoms with Gasteiger partial charge in [0, 0.05) is 18.0 Å². The molecule has 4 N–H and O–H groups in total. The van der Waals surface area contributed by atoms with Gasteiger partial charge in [0.05, 0.1) is 6.42 Å². The first-order valence-corrected chi connectivity index (χ1v) is 6.24. The molecule has 0 spiro atoms. The van der Waals surface area contributed by atoms with Crippen LogP contribution in [0, 0.1) is 5.92 Å². The van der Waals surface area contributed by atoms with Crippen LogP contribution in [0.2, 0.25) is 1.41 Å². The number of primary amides is 1.